The van der Waals surface area contributed by atoms with E-state index in [2.05, 4.69) is 17.1 Å². The average molecular weight is 549 g/mol. The van der Waals surface area contributed by atoms with Crippen LogP contribution in [0.1, 0.15) is 46.0 Å². The van der Waals surface area contributed by atoms with Crippen LogP contribution in [0.15, 0.2) is 29.3 Å². The largest absolute Gasteiger partial charge is 0.489 e. The van der Waals surface area contributed by atoms with E-state index in [0.29, 0.717) is 18.4 Å². The number of nitrogens with zero attached hydrogens (tertiary/aromatic N) is 2. The maximum atomic E-state index is 13.0. The molecule has 0 aliphatic carbocycles. The van der Waals surface area contributed by atoms with Crippen LogP contribution in [0.5, 0.6) is 5.75 Å². The van der Waals surface area contributed by atoms with Gasteiger partial charge in [0.25, 0.3) is 0 Å². The summed E-state index contributed by atoms with van der Waals surface area (Å²) in [6, 6.07) is 6.10. The van der Waals surface area contributed by atoms with Crippen LogP contribution in [0.3, 0.4) is 0 Å². The summed E-state index contributed by atoms with van der Waals surface area (Å²) in [5, 5.41) is 3.39. The first-order valence-corrected chi connectivity index (χ1v) is 11.3. The number of benzene rings is 1. The highest BCUT2D eigenvalue weighted by molar-refractivity contribution is 14.0. The van der Waals surface area contributed by atoms with Gasteiger partial charge >= 0.3 is 0 Å². The summed E-state index contributed by atoms with van der Waals surface area (Å²) in [5.41, 5.74) is 0. The van der Waals surface area contributed by atoms with Gasteiger partial charge in [-0.3, -0.25) is 0 Å². The van der Waals surface area contributed by atoms with Gasteiger partial charge in [0.15, 0.2) is 5.96 Å². The summed E-state index contributed by atoms with van der Waals surface area (Å²) in [5.74, 6) is 1.31. The van der Waals surface area contributed by atoms with Crippen molar-refractivity contribution in [1.82, 2.24) is 10.2 Å². The molecule has 2 unspecified atom stereocenters. The van der Waals surface area contributed by atoms with E-state index in [1.54, 1.807) is 12.1 Å². The molecular weight excluding hydrogens is 512 g/mol. The van der Waals surface area contributed by atoms with Crippen LogP contribution < -0.4 is 10.1 Å². The molecule has 1 aromatic rings. The maximum absolute atomic E-state index is 13.0. The van der Waals surface area contributed by atoms with Crippen LogP contribution in [-0.2, 0) is 9.47 Å². The third-order valence-electron chi connectivity index (χ3n) is 5.52. The molecule has 31 heavy (non-hydrogen) atoms. The van der Waals surface area contributed by atoms with Crippen molar-refractivity contribution in [3.63, 3.8) is 0 Å². The third-order valence-corrected chi connectivity index (χ3v) is 5.52. The number of piperidine rings is 1. The Morgan fingerprint density at radius 3 is 2.61 bits per heavy atom. The molecule has 0 amide bonds. The Labute approximate surface area is 202 Å². The van der Waals surface area contributed by atoms with Crippen molar-refractivity contribution in [2.75, 3.05) is 39.4 Å². The zero-order valence-corrected chi connectivity index (χ0v) is 21.1. The molecule has 3 rings (SSSR count). The van der Waals surface area contributed by atoms with Crippen LogP contribution in [0, 0.1) is 5.82 Å². The van der Waals surface area contributed by atoms with Gasteiger partial charge in [-0.05, 0) is 70.2 Å². The van der Waals surface area contributed by atoms with Crippen molar-refractivity contribution < 1.29 is 18.6 Å². The van der Waals surface area contributed by atoms with E-state index in [4.69, 9.17) is 19.2 Å². The van der Waals surface area contributed by atoms with E-state index in [-0.39, 0.29) is 42.0 Å². The second-order valence-corrected chi connectivity index (χ2v) is 8.09. The molecule has 1 N–H and O–H groups in total. The molecule has 176 valence electrons. The summed E-state index contributed by atoms with van der Waals surface area (Å²) in [4.78, 5) is 7.06. The molecule has 2 fully saturated rings. The van der Waals surface area contributed by atoms with Crippen molar-refractivity contribution in [2.45, 2.75) is 64.3 Å². The van der Waals surface area contributed by atoms with E-state index < -0.39 is 0 Å². The van der Waals surface area contributed by atoms with E-state index >= 15 is 0 Å². The molecule has 0 bridgehead atoms. The Balaban J connectivity index is 0.00000341. The van der Waals surface area contributed by atoms with Gasteiger partial charge in [-0.2, -0.15) is 0 Å². The Bertz CT molecular complexity index is 648. The minimum Gasteiger partial charge on any atom is -0.489 e. The molecule has 2 aliphatic rings. The number of likely N-dealkylation sites (tertiary alicyclic amines) is 1. The lowest BCUT2D eigenvalue weighted by Crippen LogP contribution is -2.47. The predicted octanol–water partition coefficient (Wildman–Crippen LogP) is 4.23. The van der Waals surface area contributed by atoms with Gasteiger partial charge in [-0.15, -0.1) is 24.0 Å². The highest BCUT2D eigenvalue weighted by Crippen LogP contribution is 2.18. The SMILES string of the molecule is CCNC(=NCC(C)Oc1ccc(F)cc1)N1CCC(OCC2CCCCO2)CC1.I. The second-order valence-electron chi connectivity index (χ2n) is 8.09. The number of halogens is 2. The first kappa shape index (κ1) is 26.1. The van der Waals surface area contributed by atoms with Crippen LogP contribution in [0.2, 0.25) is 0 Å². The van der Waals surface area contributed by atoms with Crippen molar-refractivity contribution in [2.24, 2.45) is 4.99 Å². The van der Waals surface area contributed by atoms with Crippen molar-refractivity contribution in [1.29, 1.82) is 0 Å². The Kier molecular flexibility index (Phi) is 11.9. The molecule has 2 saturated heterocycles. The molecule has 1 aromatic carbocycles. The number of hydrogen-bond donors (Lipinski definition) is 1. The highest BCUT2D eigenvalue weighted by atomic mass is 127. The number of guanidine groups is 1. The summed E-state index contributed by atoms with van der Waals surface area (Å²) in [7, 11) is 0. The number of hydrogen-bond acceptors (Lipinski definition) is 4. The van der Waals surface area contributed by atoms with Gasteiger partial charge in [-0.25, -0.2) is 9.38 Å². The van der Waals surface area contributed by atoms with Crippen molar-refractivity contribution in [3.8, 4) is 5.75 Å². The molecule has 6 nitrogen and oxygen atoms in total. The van der Waals surface area contributed by atoms with Crippen LogP contribution in [0.25, 0.3) is 0 Å². The quantitative estimate of drug-likeness (QED) is 0.299. The van der Waals surface area contributed by atoms with E-state index in [0.717, 1.165) is 58.1 Å². The maximum Gasteiger partial charge on any atom is 0.194 e. The number of aliphatic imine (C=N–C) groups is 1. The van der Waals surface area contributed by atoms with Crippen LogP contribution in [-0.4, -0.2) is 68.6 Å². The molecule has 0 saturated carbocycles. The lowest BCUT2D eigenvalue weighted by molar-refractivity contribution is -0.0721. The highest BCUT2D eigenvalue weighted by Gasteiger charge is 2.24. The van der Waals surface area contributed by atoms with E-state index in [1.807, 2.05) is 6.92 Å². The standard InChI is InChI=1S/C23H36FN3O3.HI/c1-3-25-23(26-16-18(2)30-21-9-7-19(24)8-10-21)27-13-11-20(12-14-27)29-17-22-6-4-5-15-28-22;/h7-10,18,20,22H,3-6,11-17H2,1-2H3,(H,25,26);1H. The fourth-order valence-corrected chi connectivity index (χ4v) is 3.84. The van der Waals surface area contributed by atoms with Gasteiger partial charge < -0.3 is 24.4 Å². The van der Waals surface area contributed by atoms with Crippen molar-refractivity contribution >= 4 is 29.9 Å². The first-order chi connectivity index (χ1) is 14.6. The van der Waals surface area contributed by atoms with E-state index in [1.165, 1.54) is 25.0 Å². The first-order valence-electron chi connectivity index (χ1n) is 11.3. The molecular formula is C23H37FIN3O3. The summed E-state index contributed by atoms with van der Waals surface area (Å²) in [6.45, 7) is 8.86. The zero-order chi connectivity index (χ0) is 21.2. The van der Waals surface area contributed by atoms with Crippen LogP contribution >= 0.6 is 24.0 Å². The topological polar surface area (TPSA) is 55.3 Å². The fourth-order valence-electron chi connectivity index (χ4n) is 3.84. The van der Waals surface area contributed by atoms with Gasteiger partial charge in [0.1, 0.15) is 17.7 Å². The van der Waals surface area contributed by atoms with Crippen LogP contribution in [0.4, 0.5) is 4.39 Å². The van der Waals surface area contributed by atoms with Gasteiger partial charge in [-0.1, -0.05) is 0 Å². The molecule has 8 heteroatoms. The van der Waals surface area contributed by atoms with Crippen molar-refractivity contribution in [3.05, 3.63) is 30.1 Å². The molecule has 2 aliphatic heterocycles. The lowest BCUT2D eigenvalue weighted by atomic mass is 10.1. The predicted molar refractivity (Wildman–Crippen MR) is 132 cm³/mol. The molecule has 0 spiro atoms. The number of rotatable bonds is 8. The minimum absolute atomic E-state index is 0. The number of nitrogens with one attached hydrogen (secondary N) is 1. The normalized spacial score (nSPS) is 21.3. The zero-order valence-electron chi connectivity index (χ0n) is 18.7. The van der Waals surface area contributed by atoms with Gasteiger partial charge in [0.2, 0.25) is 0 Å². The molecule has 0 aromatic heterocycles. The second kappa shape index (κ2) is 14.1. The average Bonchev–Trinajstić information content (AvgIpc) is 2.78. The lowest BCUT2D eigenvalue weighted by Gasteiger charge is -2.35. The molecule has 0 radical (unpaired) electrons. The molecule has 2 heterocycles. The Morgan fingerprint density at radius 2 is 1.97 bits per heavy atom. The van der Waals surface area contributed by atoms with E-state index in [9.17, 15) is 4.39 Å². The summed E-state index contributed by atoms with van der Waals surface area (Å²) in [6.07, 6.45) is 6.02. The molecule has 2 atom stereocenters. The van der Waals surface area contributed by atoms with Gasteiger partial charge in [0.05, 0.1) is 25.4 Å². The third kappa shape index (κ3) is 9.10. The Morgan fingerprint density at radius 1 is 1.23 bits per heavy atom. The smallest absolute Gasteiger partial charge is 0.194 e. The fraction of sp³-hybridized carbons (Fsp3) is 0.696. The number of ether oxygens (including phenoxy) is 3. The summed E-state index contributed by atoms with van der Waals surface area (Å²) < 4.78 is 30.8. The summed E-state index contributed by atoms with van der Waals surface area (Å²) >= 11 is 0. The minimum atomic E-state index is -0.263. The monoisotopic (exact) mass is 549 g/mol. The Hall–Kier alpha value is -1.13. The van der Waals surface area contributed by atoms with Gasteiger partial charge in [0, 0.05) is 26.2 Å².